The SMILES string of the molecule is CC(CN)C(=O)N(C)C(C)C(=O)O. The van der Waals surface area contributed by atoms with E-state index in [0.29, 0.717) is 0 Å². The van der Waals surface area contributed by atoms with Gasteiger partial charge in [-0.2, -0.15) is 0 Å². The summed E-state index contributed by atoms with van der Waals surface area (Å²) < 4.78 is 0. The molecular formula is C8H16N2O3. The van der Waals surface area contributed by atoms with E-state index < -0.39 is 12.0 Å². The molecule has 0 radical (unpaired) electrons. The number of hydrogen-bond donors (Lipinski definition) is 2. The third-order valence-corrected chi connectivity index (χ3v) is 2.06. The molecule has 0 rings (SSSR count). The van der Waals surface area contributed by atoms with Gasteiger partial charge < -0.3 is 15.7 Å². The molecule has 76 valence electrons. The molecule has 0 aromatic carbocycles. The van der Waals surface area contributed by atoms with Crippen LogP contribution in [0.5, 0.6) is 0 Å². The number of rotatable bonds is 4. The average Bonchev–Trinajstić information content (AvgIpc) is 2.12. The Morgan fingerprint density at radius 2 is 1.92 bits per heavy atom. The highest BCUT2D eigenvalue weighted by molar-refractivity contribution is 5.84. The first-order valence-electron chi connectivity index (χ1n) is 4.11. The second kappa shape index (κ2) is 4.81. The highest BCUT2D eigenvalue weighted by Crippen LogP contribution is 2.03. The van der Waals surface area contributed by atoms with Gasteiger partial charge in [0.2, 0.25) is 5.91 Å². The van der Waals surface area contributed by atoms with Crippen LogP contribution in [0.1, 0.15) is 13.8 Å². The lowest BCUT2D eigenvalue weighted by atomic mass is 10.1. The van der Waals surface area contributed by atoms with Gasteiger partial charge in [-0.1, -0.05) is 6.92 Å². The molecular weight excluding hydrogens is 172 g/mol. The molecule has 1 amide bonds. The topological polar surface area (TPSA) is 83.6 Å². The fraction of sp³-hybridized carbons (Fsp3) is 0.750. The summed E-state index contributed by atoms with van der Waals surface area (Å²) in [5, 5.41) is 8.63. The van der Waals surface area contributed by atoms with Crippen molar-refractivity contribution in [2.75, 3.05) is 13.6 Å². The molecule has 0 aromatic rings. The molecule has 0 aliphatic carbocycles. The summed E-state index contributed by atoms with van der Waals surface area (Å²) in [4.78, 5) is 23.1. The molecule has 2 unspecified atom stereocenters. The van der Waals surface area contributed by atoms with Crippen molar-refractivity contribution in [2.24, 2.45) is 11.7 Å². The maximum absolute atomic E-state index is 11.4. The van der Waals surface area contributed by atoms with Crippen LogP contribution in [0.3, 0.4) is 0 Å². The number of aliphatic carboxylic acids is 1. The monoisotopic (exact) mass is 188 g/mol. The Bertz CT molecular complexity index is 206. The minimum absolute atomic E-state index is 0.232. The highest BCUT2D eigenvalue weighted by Gasteiger charge is 2.24. The number of hydrogen-bond acceptors (Lipinski definition) is 3. The molecule has 0 bridgehead atoms. The van der Waals surface area contributed by atoms with E-state index >= 15 is 0 Å². The average molecular weight is 188 g/mol. The van der Waals surface area contributed by atoms with Crippen molar-refractivity contribution in [2.45, 2.75) is 19.9 Å². The summed E-state index contributed by atoms with van der Waals surface area (Å²) in [6.45, 7) is 3.37. The number of carboxylic acid groups (broad SMARTS) is 1. The fourth-order valence-corrected chi connectivity index (χ4v) is 0.805. The largest absolute Gasteiger partial charge is 0.480 e. The number of amides is 1. The Labute approximate surface area is 77.5 Å². The first kappa shape index (κ1) is 11.9. The zero-order chi connectivity index (χ0) is 10.6. The second-order valence-corrected chi connectivity index (χ2v) is 3.10. The van der Waals surface area contributed by atoms with E-state index in [-0.39, 0.29) is 18.4 Å². The number of nitrogens with zero attached hydrogens (tertiary/aromatic N) is 1. The number of carbonyl (C=O) groups excluding carboxylic acids is 1. The van der Waals surface area contributed by atoms with E-state index in [1.807, 2.05) is 0 Å². The van der Waals surface area contributed by atoms with Crippen LogP contribution in [-0.4, -0.2) is 41.5 Å². The molecule has 13 heavy (non-hydrogen) atoms. The Balaban J connectivity index is 4.33. The van der Waals surface area contributed by atoms with E-state index in [2.05, 4.69) is 0 Å². The van der Waals surface area contributed by atoms with Crippen LogP contribution in [0.4, 0.5) is 0 Å². The van der Waals surface area contributed by atoms with Crippen molar-refractivity contribution in [3.8, 4) is 0 Å². The Morgan fingerprint density at radius 3 is 2.23 bits per heavy atom. The molecule has 2 atom stereocenters. The molecule has 0 aliphatic rings. The van der Waals surface area contributed by atoms with Crippen molar-refractivity contribution < 1.29 is 14.7 Å². The van der Waals surface area contributed by atoms with Gasteiger partial charge in [0.25, 0.3) is 0 Å². The molecule has 3 N–H and O–H groups in total. The second-order valence-electron chi connectivity index (χ2n) is 3.10. The highest BCUT2D eigenvalue weighted by atomic mass is 16.4. The fourth-order valence-electron chi connectivity index (χ4n) is 0.805. The van der Waals surface area contributed by atoms with Gasteiger partial charge in [0.1, 0.15) is 6.04 Å². The van der Waals surface area contributed by atoms with Crippen molar-refractivity contribution in [3.05, 3.63) is 0 Å². The summed E-state index contributed by atoms with van der Waals surface area (Å²) in [5.41, 5.74) is 5.29. The Hall–Kier alpha value is -1.10. The standard InChI is InChI=1S/C8H16N2O3/c1-5(4-9)7(11)10(3)6(2)8(12)13/h5-6H,4,9H2,1-3H3,(H,12,13). The molecule has 5 heteroatoms. The van der Waals surface area contributed by atoms with Gasteiger partial charge in [-0.15, -0.1) is 0 Å². The first-order valence-corrected chi connectivity index (χ1v) is 4.11. The molecule has 0 aliphatic heterocycles. The molecule has 0 saturated carbocycles. The number of carboxylic acids is 1. The van der Waals surface area contributed by atoms with Gasteiger partial charge in [0, 0.05) is 19.5 Å². The van der Waals surface area contributed by atoms with Crippen molar-refractivity contribution in [3.63, 3.8) is 0 Å². The normalized spacial score (nSPS) is 14.8. The van der Waals surface area contributed by atoms with Crippen LogP contribution in [0, 0.1) is 5.92 Å². The van der Waals surface area contributed by atoms with Gasteiger partial charge in [-0.25, -0.2) is 4.79 Å². The van der Waals surface area contributed by atoms with Crippen LogP contribution in [0.15, 0.2) is 0 Å². The summed E-state index contributed by atoms with van der Waals surface area (Å²) in [7, 11) is 1.47. The summed E-state index contributed by atoms with van der Waals surface area (Å²) in [6, 6.07) is -0.804. The van der Waals surface area contributed by atoms with Crippen LogP contribution < -0.4 is 5.73 Å². The lowest BCUT2D eigenvalue weighted by Crippen LogP contribution is -2.44. The minimum atomic E-state index is -1.01. The number of likely N-dealkylation sites (N-methyl/N-ethyl adjacent to an activating group) is 1. The van der Waals surface area contributed by atoms with Gasteiger partial charge in [0.05, 0.1) is 0 Å². The van der Waals surface area contributed by atoms with Crippen LogP contribution in [-0.2, 0) is 9.59 Å². The van der Waals surface area contributed by atoms with Gasteiger partial charge in [-0.3, -0.25) is 4.79 Å². The summed E-state index contributed by atoms with van der Waals surface area (Å²) in [5.74, 6) is -1.58. The molecule has 0 spiro atoms. The van der Waals surface area contributed by atoms with E-state index in [1.165, 1.54) is 18.9 Å². The maximum atomic E-state index is 11.4. The van der Waals surface area contributed by atoms with Gasteiger partial charge in [0.15, 0.2) is 0 Å². The van der Waals surface area contributed by atoms with Crippen LogP contribution in [0.25, 0.3) is 0 Å². The molecule has 5 nitrogen and oxygen atoms in total. The number of nitrogens with two attached hydrogens (primary N) is 1. The summed E-state index contributed by atoms with van der Waals surface area (Å²) >= 11 is 0. The molecule has 0 fully saturated rings. The Kier molecular flexibility index (Phi) is 4.40. The predicted octanol–water partition coefficient (Wildman–Crippen LogP) is -0.487. The van der Waals surface area contributed by atoms with Gasteiger partial charge in [-0.05, 0) is 6.92 Å². The smallest absolute Gasteiger partial charge is 0.326 e. The third kappa shape index (κ3) is 3.02. The third-order valence-electron chi connectivity index (χ3n) is 2.06. The van der Waals surface area contributed by atoms with E-state index in [4.69, 9.17) is 10.8 Å². The van der Waals surface area contributed by atoms with E-state index in [0.717, 1.165) is 0 Å². The molecule has 0 saturated heterocycles. The Morgan fingerprint density at radius 1 is 1.46 bits per heavy atom. The zero-order valence-electron chi connectivity index (χ0n) is 8.15. The van der Waals surface area contributed by atoms with Crippen molar-refractivity contribution >= 4 is 11.9 Å². The number of carbonyl (C=O) groups is 2. The van der Waals surface area contributed by atoms with E-state index in [9.17, 15) is 9.59 Å². The summed E-state index contributed by atoms with van der Waals surface area (Å²) in [6.07, 6.45) is 0. The van der Waals surface area contributed by atoms with Crippen molar-refractivity contribution in [1.29, 1.82) is 0 Å². The van der Waals surface area contributed by atoms with Crippen LogP contribution >= 0.6 is 0 Å². The first-order chi connectivity index (χ1) is 5.91. The lowest BCUT2D eigenvalue weighted by molar-refractivity contribution is -0.149. The quantitative estimate of drug-likeness (QED) is 0.623. The lowest BCUT2D eigenvalue weighted by Gasteiger charge is -2.24. The van der Waals surface area contributed by atoms with Crippen LogP contribution in [0.2, 0.25) is 0 Å². The maximum Gasteiger partial charge on any atom is 0.326 e. The van der Waals surface area contributed by atoms with Gasteiger partial charge >= 0.3 is 5.97 Å². The zero-order valence-corrected chi connectivity index (χ0v) is 8.15. The minimum Gasteiger partial charge on any atom is -0.480 e. The predicted molar refractivity (Wildman–Crippen MR) is 48.1 cm³/mol. The van der Waals surface area contributed by atoms with Crippen molar-refractivity contribution in [1.82, 2.24) is 4.90 Å². The molecule has 0 aromatic heterocycles. The van der Waals surface area contributed by atoms with E-state index in [1.54, 1.807) is 6.92 Å². The molecule has 0 heterocycles.